The van der Waals surface area contributed by atoms with E-state index < -0.39 is 0 Å². The fraction of sp³-hybridized carbons (Fsp3) is 0.967. The number of carbonyl (C=O) groups is 1. The molecule has 35 heavy (non-hydrogen) atoms. The van der Waals surface area contributed by atoms with E-state index in [-0.39, 0.29) is 5.92 Å². The van der Waals surface area contributed by atoms with Crippen LogP contribution in [-0.2, 0) is 4.79 Å². The van der Waals surface area contributed by atoms with Crippen LogP contribution in [0.1, 0.15) is 107 Å². The van der Waals surface area contributed by atoms with Crippen LogP contribution in [0.4, 0.5) is 0 Å². The lowest BCUT2D eigenvalue weighted by Gasteiger charge is -2.47. The SMILES string of the molecule is CC(C)C(=O)N1CCC(N(C)C(C)C)CC1.CCC.CCN1CCC2(CC1)CCN(C(C)C)CC2. The molecule has 0 atom stereocenters. The first kappa shape index (κ1) is 32.4. The third kappa shape index (κ3) is 10.7. The Hall–Kier alpha value is -0.650. The number of nitrogens with zero attached hydrogens (tertiary/aromatic N) is 4. The highest BCUT2D eigenvalue weighted by Crippen LogP contribution is 2.41. The second kappa shape index (κ2) is 16.2. The number of hydrogen-bond donors (Lipinski definition) is 0. The van der Waals surface area contributed by atoms with Crippen LogP contribution < -0.4 is 0 Å². The summed E-state index contributed by atoms with van der Waals surface area (Å²) in [5, 5.41) is 0. The van der Waals surface area contributed by atoms with Gasteiger partial charge in [0.2, 0.25) is 5.91 Å². The summed E-state index contributed by atoms with van der Waals surface area (Å²) in [6.45, 7) is 28.1. The predicted octanol–water partition coefficient (Wildman–Crippen LogP) is 5.98. The highest BCUT2D eigenvalue weighted by atomic mass is 16.2. The minimum atomic E-state index is 0.138. The molecule has 0 bridgehead atoms. The van der Waals surface area contributed by atoms with Gasteiger partial charge in [0.1, 0.15) is 0 Å². The van der Waals surface area contributed by atoms with Gasteiger partial charge in [0.05, 0.1) is 0 Å². The van der Waals surface area contributed by atoms with Crippen molar-refractivity contribution in [3.05, 3.63) is 0 Å². The van der Waals surface area contributed by atoms with Crippen molar-refractivity contribution >= 4 is 5.91 Å². The summed E-state index contributed by atoms with van der Waals surface area (Å²) in [4.78, 5) is 21.5. The van der Waals surface area contributed by atoms with Gasteiger partial charge in [-0.2, -0.15) is 0 Å². The first-order valence-electron chi connectivity index (χ1n) is 15.0. The van der Waals surface area contributed by atoms with Gasteiger partial charge in [-0.15, -0.1) is 0 Å². The van der Waals surface area contributed by atoms with E-state index in [9.17, 15) is 4.79 Å². The van der Waals surface area contributed by atoms with E-state index in [1.807, 2.05) is 18.7 Å². The van der Waals surface area contributed by atoms with Crippen LogP contribution in [0.25, 0.3) is 0 Å². The molecule has 3 rings (SSSR count). The molecule has 0 radical (unpaired) electrons. The van der Waals surface area contributed by atoms with Crippen molar-refractivity contribution in [2.75, 3.05) is 52.9 Å². The molecule has 0 unspecified atom stereocenters. The Morgan fingerprint density at radius 3 is 1.66 bits per heavy atom. The summed E-state index contributed by atoms with van der Waals surface area (Å²) in [7, 11) is 2.19. The third-order valence-corrected chi connectivity index (χ3v) is 8.61. The summed E-state index contributed by atoms with van der Waals surface area (Å²) in [5.74, 6) is 0.449. The van der Waals surface area contributed by atoms with Gasteiger partial charge in [-0.25, -0.2) is 0 Å². The van der Waals surface area contributed by atoms with Gasteiger partial charge in [0.15, 0.2) is 0 Å². The van der Waals surface area contributed by atoms with Crippen molar-refractivity contribution in [2.45, 2.75) is 125 Å². The Bertz CT molecular complexity index is 551. The lowest BCUT2D eigenvalue weighted by molar-refractivity contribution is -0.136. The highest BCUT2D eigenvalue weighted by molar-refractivity contribution is 5.78. The van der Waals surface area contributed by atoms with E-state index in [4.69, 9.17) is 0 Å². The van der Waals surface area contributed by atoms with Crippen LogP contribution in [0, 0.1) is 11.3 Å². The molecular formula is C30H62N4O. The summed E-state index contributed by atoms with van der Waals surface area (Å²) < 4.78 is 0. The Kier molecular flexibility index (Phi) is 15.0. The molecule has 208 valence electrons. The topological polar surface area (TPSA) is 30.0 Å². The molecule has 0 aromatic heterocycles. The van der Waals surface area contributed by atoms with E-state index in [1.54, 1.807) is 0 Å². The average molecular weight is 495 g/mol. The second-order valence-corrected chi connectivity index (χ2v) is 12.2. The fourth-order valence-electron chi connectivity index (χ4n) is 5.64. The molecule has 0 aromatic rings. The van der Waals surface area contributed by atoms with Crippen LogP contribution in [0.3, 0.4) is 0 Å². The van der Waals surface area contributed by atoms with Gasteiger partial charge in [0, 0.05) is 37.1 Å². The van der Waals surface area contributed by atoms with Crippen molar-refractivity contribution in [1.29, 1.82) is 0 Å². The molecule has 1 amide bonds. The van der Waals surface area contributed by atoms with Crippen LogP contribution in [0.2, 0.25) is 0 Å². The molecule has 1 spiro atoms. The summed E-state index contributed by atoms with van der Waals surface area (Å²) in [5.41, 5.74) is 0.719. The predicted molar refractivity (Wildman–Crippen MR) is 153 cm³/mol. The molecule has 0 aliphatic carbocycles. The van der Waals surface area contributed by atoms with E-state index in [2.05, 4.69) is 70.2 Å². The Labute approximate surface area is 220 Å². The van der Waals surface area contributed by atoms with E-state index >= 15 is 0 Å². The standard InChI is InChI=1S/C14H28N2.C13H26N2O.C3H8/c1-4-15-9-5-14(6-10-15)7-11-16(12-8-14)13(2)3;1-10(2)13(16)15-8-6-12(7-9-15)14(5)11(3)4;1-3-2/h13H,4-12H2,1-3H3;10-12H,6-9H2,1-5H3;3H2,1-2H3. The molecular weight excluding hydrogens is 432 g/mol. The number of carbonyl (C=O) groups excluding carboxylic acids is 1. The van der Waals surface area contributed by atoms with Crippen LogP contribution in [0.5, 0.6) is 0 Å². The molecule has 3 aliphatic rings. The molecule has 3 saturated heterocycles. The lowest BCUT2D eigenvalue weighted by atomic mass is 9.71. The maximum atomic E-state index is 11.8. The van der Waals surface area contributed by atoms with Crippen molar-refractivity contribution < 1.29 is 4.79 Å². The lowest BCUT2D eigenvalue weighted by Crippen LogP contribution is -2.48. The maximum absolute atomic E-state index is 11.8. The zero-order chi connectivity index (χ0) is 26.6. The zero-order valence-corrected chi connectivity index (χ0v) is 25.4. The molecule has 5 nitrogen and oxygen atoms in total. The molecule has 3 aliphatic heterocycles. The van der Waals surface area contributed by atoms with E-state index in [1.165, 1.54) is 64.8 Å². The summed E-state index contributed by atoms with van der Waals surface area (Å²) in [6.07, 6.45) is 9.28. The number of likely N-dealkylation sites (tertiary alicyclic amines) is 3. The Morgan fingerprint density at radius 2 is 1.29 bits per heavy atom. The van der Waals surface area contributed by atoms with Crippen molar-refractivity contribution in [2.24, 2.45) is 11.3 Å². The average Bonchev–Trinajstić information content (AvgIpc) is 2.85. The third-order valence-electron chi connectivity index (χ3n) is 8.61. The largest absolute Gasteiger partial charge is 0.342 e. The highest BCUT2D eigenvalue weighted by Gasteiger charge is 2.37. The fourth-order valence-corrected chi connectivity index (χ4v) is 5.64. The normalized spacial score (nSPS) is 21.8. The van der Waals surface area contributed by atoms with Crippen molar-refractivity contribution in [1.82, 2.24) is 19.6 Å². The smallest absolute Gasteiger partial charge is 0.225 e. The minimum Gasteiger partial charge on any atom is -0.342 e. The number of hydrogen-bond acceptors (Lipinski definition) is 4. The van der Waals surface area contributed by atoms with Crippen molar-refractivity contribution in [3.63, 3.8) is 0 Å². The molecule has 5 heteroatoms. The van der Waals surface area contributed by atoms with Gasteiger partial charge in [-0.1, -0.05) is 41.0 Å². The van der Waals surface area contributed by atoms with Gasteiger partial charge >= 0.3 is 0 Å². The van der Waals surface area contributed by atoms with Gasteiger partial charge in [-0.05, 0) is 111 Å². The van der Waals surface area contributed by atoms with Crippen LogP contribution in [-0.4, -0.2) is 96.5 Å². The summed E-state index contributed by atoms with van der Waals surface area (Å²) >= 11 is 0. The maximum Gasteiger partial charge on any atom is 0.225 e. The molecule has 3 heterocycles. The zero-order valence-electron chi connectivity index (χ0n) is 25.4. The van der Waals surface area contributed by atoms with E-state index in [0.717, 1.165) is 37.4 Å². The minimum absolute atomic E-state index is 0.138. The number of amides is 1. The second-order valence-electron chi connectivity index (χ2n) is 12.2. The van der Waals surface area contributed by atoms with Gasteiger partial charge in [-0.3, -0.25) is 4.79 Å². The number of piperidine rings is 3. The van der Waals surface area contributed by atoms with Crippen LogP contribution in [0.15, 0.2) is 0 Å². The van der Waals surface area contributed by atoms with Crippen LogP contribution >= 0.6 is 0 Å². The first-order valence-corrected chi connectivity index (χ1v) is 15.0. The Balaban J connectivity index is 0.000000315. The van der Waals surface area contributed by atoms with Gasteiger partial charge < -0.3 is 19.6 Å². The molecule has 0 saturated carbocycles. The molecule has 3 fully saturated rings. The molecule has 0 aromatic carbocycles. The Morgan fingerprint density at radius 1 is 0.829 bits per heavy atom. The summed E-state index contributed by atoms with van der Waals surface area (Å²) in [6, 6.07) is 1.99. The molecule has 0 N–H and O–H groups in total. The number of rotatable bonds is 5. The quantitative estimate of drug-likeness (QED) is 0.470. The van der Waals surface area contributed by atoms with Gasteiger partial charge in [0.25, 0.3) is 0 Å². The van der Waals surface area contributed by atoms with Crippen molar-refractivity contribution in [3.8, 4) is 0 Å². The monoisotopic (exact) mass is 494 g/mol. The first-order chi connectivity index (χ1) is 16.5. The van der Waals surface area contributed by atoms with E-state index in [0.29, 0.717) is 18.0 Å².